The van der Waals surface area contributed by atoms with Gasteiger partial charge in [0.1, 0.15) is 0 Å². The normalized spacial score (nSPS) is 17.6. The number of nitrogens with one attached hydrogen (secondary N) is 1. The largest absolute Gasteiger partial charge is 0.310 e. The minimum Gasteiger partial charge on any atom is -0.310 e. The first-order chi connectivity index (χ1) is 5.61. The Bertz CT molecular complexity index is 143. The number of rotatable bonds is 5. The van der Waals surface area contributed by atoms with E-state index >= 15 is 0 Å². The summed E-state index contributed by atoms with van der Waals surface area (Å²) < 4.78 is 0. The number of halogens is 1. The molecule has 2 heteroatoms. The molecule has 0 spiro atoms. The Balaban J connectivity index is 3.63. The summed E-state index contributed by atoms with van der Waals surface area (Å²) in [5.74, 6) is 0.730. The smallest absolute Gasteiger partial charge is 0.0176 e. The van der Waals surface area contributed by atoms with Crippen LogP contribution < -0.4 is 5.32 Å². The molecular formula is C10H20ClN. The summed E-state index contributed by atoms with van der Waals surface area (Å²) in [5.41, 5.74) is 2.82. The molecule has 0 aliphatic carbocycles. The van der Waals surface area contributed by atoms with Gasteiger partial charge in [-0.2, -0.15) is 0 Å². The van der Waals surface area contributed by atoms with E-state index in [-0.39, 0.29) is 0 Å². The summed E-state index contributed by atoms with van der Waals surface area (Å²) in [6.07, 6.45) is 1.22. The van der Waals surface area contributed by atoms with Crippen molar-refractivity contribution >= 4 is 11.6 Å². The molecule has 0 amide bonds. The highest BCUT2D eigenvalue weighted by atomic mass is 35.5. The highest BCUT2D eigenvalue weighted by Gasteiger charge is 2.08. The van der Waals surface area contributed by atoms with Crippen molar-refractivity contribution in [3.8, 4) is 0 Å². The maximum atomic E-state index is 5.55. The van der Waals surface area contributed by atoms with Crippen LogP contribution in [0.15, 0.2) is 11.1 Å². The molecule has 0 radical (unpaired) electrons. The van der Waals surface area contributed by atoms with Gasteiger partial charge in [-0.25, -0.2) is 0 Å². The topological polar surface area (TPSA) is 12.0 Å². The van der Waals surface area contributed by atoms with Gasteiger partial charge in [-0.1, -0.05) is 31.9 Å². The molecule has 0 saturated carbocycles. The zero-order valence-corrected chi connectivity index (χ0v) is 9.28. The lowest BCUT2D eigenvalue weighted by Crippen LogP contribution is -2.32. The summed E-state index contributed by atoms with van der Waals surface area (Å²) in [5, 5.41) is 3.43. The second-order valence-corrected chi connectivity index (χ2v) is 3.73. The van der Waals surface area contributed by atoms with Crippen molar-refractivity contribution in [2.75, 3.05) is 6.54 Å². The van der Waals surface area contributed by atoms with Crippen molar-refractivity contribution in [2.45, 2.75) is 40.2 Å². The van der Waals surface area contributed by atoms with Gasteiger partial charge in [-0.3, -0.25) is 0 Å². The Morgan fingerprint density at radius 3 is 2.50 bits per heavy atom. The van der Waals surface area contributed by atoms with Crippen molar-refractivity contribution < 1.29 is 0 Å². The molecule has 0 aromatic carbocycles. The minimum absolute atomic E-state index is 0.571. The van der Waals surface area contributed by atoms with Gasteiger partial charge in [-0.15, -0.1) is 0 Å². The molecule has 12 heavy (non-hydrogen) atoms. The van der Waals surface area contributed by atoms with Crippen LogP contribution in [0.4, 0.5) is 0 Å². The Kier molecular flexibility index (Phi) is 6.49. The first-order valence-electron chi connectivity index (χ1n) is 4.61. The van der Waals surface area contributed by atoms with E-state index in [0.717, 1.165) is 12.5 Å². The van der Waals surface area contributed by atoms with E-state index in [1.807, 2.05) is 6.92 Å². The SMILES string of the molecule is CCC(C)C(C)NCC(C)=CCl. The molecule has 2 unspecified atom stereocenters. The third kappa shape index (κ3) is 4.78. The second kappa shape index (κ2) is 6.50. The predicted octanol–water partition coefficient (Wildman–Crippen LogP) is 3.15. The minimum atomic E-state index is 0.571. The van der Waals surface area contributed by atoms with E-state index in [2.05, 4.69) is 26.1 Å². The molecular weight excluding hydrogens is 170 g/mol. The van der Waals surface area contributed by atoms with Crippen molar-refractivity contribution in [2.24, 2.45) is 5.92 Å². The zero-order chi connectivity index (χ0) is 9.56. The van der Waals surface area contributed by atoms with Crippen LogP contribution >= 0.6 is 11.6 Å². The average molecular weight is 190 g/mol. The van der Waals surface area contributed by atoms with Crippen LogP contribution in [0.5, 0.6) is 0 Å². The summed E-state index contributed by atoms with van der Waals surface area (Å²) in [4.78, 5) is 0. The molecule has 0 saturated heterocycles. The molecule has 0 heterocycles. The fraction of sp³-hybridized carbons (Fsp3) is 0.800. The fourth-order valence-electron chi connectivity index (χ4n) is 0.915. The van der Waals surface area contributed by atoms with E-state index in [1.54, 1.807) is 5.54 Å². The van der Waals surface area contributed by atoms with Crippen molar-refractivity contribution in [1.29, 1.82) is 0 Å². The Morgan fingerprint density at radius 1 is 1.50 bits per heavy atom. The van der Waals surface area contributed by atoms with Crippen LogP contribution in [0.1, 0.15) is 34.1 Å². The van der Waals surface area contributed by atoms with Gasteiger partial charge in [0.05, 0.1) is 0 Å². The van der Waals surface area contributed by atoms with E-state index < -0.39 is 0 Å². The molecule has 0 aromatic heterocycles. The quantitative estimate of drug-likeness (QED) is 0.701. The van der Waals surface area contributed by atoms with Gasteiger partial charge in [0.15, 0.2) is 0 Å². The molecule has 1 N–H and O–H groups in total. The Hall–Kier alpha value is -0.0100. The van der Waals surface area contributed by atoms with Gasteiger partial charge in [0.2, 0.25) is 0 Å². The summed E-state index contributed by atoms with van der Waals surface area (Å²) in [6, 6.07) is 0.571. The maximum Gasteiger partial charge on any atom is 0.0176 e. The standard InChI is InChI=1S/C10H20ClN/c1-5-9(3)10(4)12-7-8(2)6-11/h6,9-10,12H,5,7H2,1-4H3. The van der Waals surface area contributed by atoms with Crippen molar-refractivity contribution in [1.82, 2.24) is 5.32 Å². The average Bonchev–Trinajstić information content (AvgIpc) is 2.11. The molecule has 0 bridgehead atoms. The summed E-state index contributed by atoms with van der Waals surface area (Å²) >= 11 is 5.55. The third-order valence-electron chi connectivity index (χ3n) is 2.39. The third-order valence-corrected chi connectivity index (χ3v) is 2.76. The number of hydrogen-bond acceptors (Lipinski definition) is 1. The highest BCUT2D eigenvalue weighted by Crippen LogP contribution is 2.06. The van der Waals surface area contributed by atoms with E-state index in [0.29, 0.717) is 6.04 Å². The van der Waals surface area contributed by atoms with E-state index in [9.17, 15) is 0 Å². The molecule has 0 aliphatic rings. The molecule has 1 nitrogen and oxygen atoms in total. The van der Waals surface area contributed by atoms with E-state index in [1.165, 1.54) is 12.0 Å². The lowest BCUT2D eigenvalue weighted by atomic mass is 10.0. The highest BCUT2D eigenvalue weighted by molar-refractivity contribution is 6.25. The molecule has 72 valence electrons. The second-order valence-electron chi connectivity index (χ2n) is 3.51. The van der Waals surface area contributed by atoms with Gasteiger partial charge in [0.25, 0.3) is 0 Å². The zero-order valence-electron chi connectivity index (χ0n) is 8.52. The predicted molar refractivity (Wildman–Crippen MR) is 56.5 cm³/mol. The van der Waals surface area contributed by atoms with Gasteiger partial charge in [-0.05, 0) is 25.3 Å². The van der Waals surface area contributed by atoms with Crippen LogP contribution in [0.25, 0.3) is 0 Å². The molecule has 0 aliphatic heterocycles. The van der Waals surface area contributed by atoms with Gasteiger partial charge in [0, 0.05) is 18.1 Å². The van der Waals surface area contributed by atoms with Crippen LogP contribution in [0, 0.1) is 5.92 Å². The van der Waals surface area contributed by atoms with Crippen molar-refractivity contribution in [3.05, 3.63) is 11.1 Å². The van der Waals surface area contributed by atoms with Gasteiger partial charge < -0.3 is 5.32 Å². The fourth-order valence-corrected chi connectivity index (χ4v) is 0.992. The molecule has 0 rings (SSSR count). The monoisotopic (exact) mass is 189 g/mol. The van der Waals surface area contributed by atoms with Gasteiger partial charge >= 0.3 is 0 Å². The van der Waals surface area contributed by atoms with E-state index in [4.69, 9.17) is 11.6 Å². The Morgan fingerprint density at radius 2 is 2.08 bits per heavy atom. The molecule has 0 aromatic rings. The molecule has 0 fully saturated rings. The van der Waals surface area contributed by atoms with Crippen LogP contribution in [0.3, 0.4) is 0 Å². The first kappa shape index (κ1) is 12.0. The summed E-state index contributed by atoms with van der Waals surface area (Å²) in [6.45, 7) is 9.62. The first-order valence-corrected chi connectivity index (χ1v) is 5.04. The summed E-state index contributed by atoms with van der Waals surface area (Å²) in [7, 11) is 0. The van der Waals surface area contributed by atoms with Crippen LogP contribution in [-0.2, 0) is 0 Å². The number of hydrogen-bond donors (Lipinski definition) is 1. The lowest BCUT2D eigenvalue weighted by molar-refractivity contribution is 0.401. The van der Waals surface area contributed by atoms with Crippen molar-refractivity contribution in [3.63, 3.8) is 0 Å². The van der Waals surface area contributed by atoms with Crippen LogP contribution in [-0.4, -0.2) is 12.6 Å². The lowest BCUT2D eigenvalue weighted by Gasteiger charge is -2.19. The Labute approximate surface area is 81.2 Å². The maximum absolute atomic E-state index is 5.55. The van der Waals surface area contributed by atoms with Crippen LogP contribution in [0.2, 0.25) is 0 Å². The molecule has 2 atom stereocenters.